The third-order valence-electron chi connectivity index (χ3n) is 2.73. The molecule has 0 spiro atoms. The first-order chi connectivity index (χ1) is 7.38. The molecule has 0 N–H and O–H groups in total. The van der Waals surface area contributed by atoms with E-state index in [1.165, 1.54) is 16.3 Å². The summed E-state index contributed by atoms with van der Waals surface area (Å²) in [5.41, 5.74) is 3.15. The van der Waals surface area contributed by atoms with Crippen LogP contribution < -0.4 is 18.9 Å². The smallest absolute Gasteiger partial charge is 0.458 e. The first-order valence-electron chi connectivity index (χ1n) is 5.09. The Hall–Kier alpha value is -1.29. The van der Waals surface area contributed by atoms with Gasteiger partial charge in [0.15, 0.2) is 0 Å². The summed E-state index contributed by atoms with van der Waals surface area (Å²) in [6, 6.07) is 14.4. The third kappa shape index (κ3) is 1.63. The van der Waals surface area contributed by atoms with E-state index in [2.05, 4.69) is 24.6 Å². The molecule has 16 heavy (non-hydrogen) atoms. The Morgan fingerprint density at radius 2 is 1.69 bits per heavy atom. The zero-order valence-corrected chi connectivity index (χ0v) is 9.53. The molecule has 0 radical (unpaired) electrons. The molecule has 2 heteroatoms. The summed E-state index contributed by atoms with van der Waals surface area (Å²) < 4.78 is 5.74. The molecule has 2 aromatic carbocycles. The summed E-state index contributed by atoms with van der Waals surface area (Å²) in [6.07, 6.45) is 2.10. The van der Waals surface area contributed by atoms with Gasteiger partial charge in [0, 0.05) is 5.39 Å². The predicted octanol–water partition coefficient (Wildman–Crippen LogP) is 1.16. The van der Waals surface area contributed by atoms with Gasteiger partial charge in [-0.2, -0.15) is 24.1 Å². The molecule has 0 saturated carbocycles. The molecule has 0 atom stereocenters. The van der Waals surface area contributed by atoms with Crippen LogP contribution in [0.1, 0.15) is 12.5 Å². The topological polar surface area (TPSA) is 13.1 Å². The molecule has 0 bridgehead atoms. The van der Waals surface area contributed by atoms with Gasteiger partial charge in [-0.25, -0.2) is 0 Å². The maximum absolute atomic E-state index is 5.74. The van der Waals surface area contributed by atoms with Crippen LogP contribution in [0.5, 0.6) is 0 Å². The van der Waals surface area contributed by atoms with Crippen molar-refractivity contribution in [3.63, 3.8) is 0 Å². The van der Waals surface area contributed by atoms with E-state index in [0.717, 1.165) is 11.2 Å². The zero-order valence-electron chi connectivity index (χ0n) is 9.53. The molecule has 0 fully saturated rings. The van der Waals surface area contributed by atoms with E-state index in [1.54, 1.807) is 0 Å². The minimum atomic E-state index is 0. The molecule has 1 heterocycles. The van der Waals surface area contributed by atoms with Gasteiger partial charge in [-0.1, -0.05) is 31.2 Å². The van der Waals surface area contributed by atoms with Gasteiger partial charge < -0.3 is 4.42 Å². The average Bonchev–Trinajstić information content (AvgIpc) is 2.66. The average molecular weight is 202 g/mol. The van der Waals surface area contributed by atoms with E-state index in [1.807, 2.05) is 31.2 Å². The van der Waals surface area contributed by atoms with Crippen molar-refractivity contribution in [2.75, 3.05) is 0 Å². The first-order valence-corrected chi connectivity index (χ1v) is 5.09. The van der Waals surface area contributed by atoms with Gasteiger partial charge in [-0.05, 0) is 11.5 Å². The number of hydrogen-bond donors (Lipinski definition) is 0. The molecule has 1 aromatic heterocycles. The van der Waals surface area contributed by atoms with Crippen LogP contribution in [0.4, 0.5) is 0 Å². The van der Waals surface area contributed by atoms with Crippen LogP contribution in [-0.4, -0.2) is 0 Å². The van der Waals surface area contributed by atoms with Gasteiger partial charge in [0.2, 0.25) is 0 Å². The predicted molar refractivity (Wildman–Crippen MR) is 62.8 cm³/mol. The van der Waals surface area contributed by atoms with Gasteiger partial charge in [-0.15, -0.1) is 0 Å². The quantitative estimate of drug-likeness (QED) is 0.426. The summed E-state index contributed by atoms with van der Waals surface area (Å²) in [7, 11) is 0. The van der Waals surface area contributed by atoms with E-state index >= 15 is 0 Å². The van der Waals surface area contributed by atoms with Gasteiger partial charge >= 0.3 is 18.9 Å². The fourth-order valence-corrected chi connectivity index (χ4v) is 1.92. The molecule has 74 valence electrons. The van der Waals surface area contributed by atoms with Crippen molar-refractivity contribution in [2.45, 2.75) is 6.92 Å². The number of fused-ring (bicyclic) bond motifs is 3. The Labute approximate surface area is 107 Å². The van der Waals surface area contributed by atoms with Crippen molar-refractivity contribution in [2.24, 2.45) is 0 Å². The first kappa shape index (κ1) is 11.2. The van der Waals surface area contributed by atoms with Crippen LogP contribution >= 0.6 is 0 Å². The maximum Gasteiger partial charge on any atom is 1.00 e. The monoisotopic (exact) mass is 202 g/mol. The molecule has 0 amide bonds. The SMILES string of the molecule is C[CH-]c1ccc2oc3ccccc3c2c1.[Li+]. The Morgan fingerprint density at radius 1 is 0.938 bits per heavy atom. The number of para-hydroxylation sites is 1. The van der Waals surface area contributed by atoms with E-state index in [0.29, 0.717) is 0 Å². The second kappa shape index (κ2) is 4.29. The minimum Gasteiger partial charge on any atom is -0.458 e. The van der Waals surface area contributed by atoms with E-state index in [4.69, 9.17) is 4.42 Å². The molecule has 3 aromatic rings. The molecule has 0 aliphatic rings. The van der Waals surface area contributed by atoms with Crippen LogP contribution in [0.3, 0.4) is 0 Å². The summed E-state index contributed by atoms with van der Waals surface area (Å²) >= 11 is 0. The Balaban J connectivity index is 0.000000963. The summed E-state index contributed by atoms with van der Waals surface area (Å²) in [6.45, 7) is 2.05. The van der Waals surface area contributed by atoms with Crippen LogP contribution in [0.15, 0.2) is 46.9 Å². The van der Waals surface area contributed by atoms with E-state index < -0.39 is 0 Å². The van der Waals surface area contributed by atoms with E-state index in [-0.39, 0.29) is 18.9 Å². The summed E-state index contributed by atoms with van der Waals surface area (Å²) in [4.78, 5) is 0. The van der Waals surface area contributed by atoms with Crippen molar-refractivity contribution >= 4 is 21.9 Å². The number of furan rings is 1. The fraction of sp³-hybridized carbons (Fsp3) is 0.0714. The van der Waals surface area contributed by atoms with Gasteiger partial charge in [0.05, 0.1) is 0 Å². The maximum atomic E-state index is 5.74. The summed E-state index contributed by atoms with van der Waals surface area (Å²) in [5, 5.41) is 2.39. The molecular weight excluding hydrogens is 191 g/mol. The molecule has 0 unspecified atom stereocenters. The zero-order chi connectivity index (χ0) is 10.3. The largest absolute Gasteiger partial charge is 1.00 e. The second-order valence-corrected chi connectivity index (χ2v) is 3.64. The van der Waals surface area contributed by atoms with Gasteiger partial charge in [0.1, 0.15) is 11.2 Å². The number of rotatable bonds is 1. The van der Waals surface area contributed by atoms with Crippen molar-refractivity contribution < 1.29 is 23.3 Å². The minimum absolute atomic E-state index is 0. The van der Waals surface area contributed by atoms with Crippen LogP contribution in [-0.2, 0) is 0 Å². The van der Waals surface area contributed by atoms with E-state index in [9.17, 15) is 0 Å². The van der Waals surface area contributed by atoms with Crippen molar-refractivity contribution in [1.82, 2.24) is 0 Å². The Bertz CT molecular complexity index is 625. The van der Waals surface area contributed by atoms with Crippen LogP contribution in [0.2, 0.25) is 0 Å². The third-order valence-corrected chi connectivity index (χ3v) is 2.73. The second-order valence-electron chi connectivity index (χ2n) is 3.64. The molecule has 0 aliphatic heterocycles. The van der Waals surface area contributed by atoms with Crippen molar-refractivity contribution in [3.05, 3.63) is 54.4 Å². The van der Waals surface area contributed by atoms with Crippen LogP contribution in [0, 0.1) is 6.42 Å². The Morgan fingerprint density at radius 3 is 2.50 bits per heavy atom. The van der Waals surface area contributed by atoms with Crippen molar-refractivity contribution in [1.29, 1.82) is 0 Å². The van der Waals surface area contributed by atoms with Crippen LogP contribution in [0.25, 0.3) is 21.9 Å². The fourth-order valence-electron chi connectivity index (χ4n) is 1.92. The Kier molecular flexibility index (Phi) is 3.01. The molecule has 0 aliphatic carbocycles. The summed E-state index contributed by atoms with van der Waals surface area (Å²) in [5.74, 6) is 0. The number of benzene rings is 2. The molecule has 3 rings (SSSR count). The van der Waals surface area contributed by atoms with Crippen molar-refractivity contribution in [3.8, 4) is 0 Å². The molecular formula is C14H11LiO. The normalized spacial score (nSPS) is 10.3. The standard InChI is InChI=1S/C14H11O.Li/c1-2-10-7-8-14-12(9-10)11-5-3-4-6-13(11)15-14;/h2-9H,1H3;/q-1;+1. The van der Waals surface area contributed by atoms with Gasteiger partial charge in [0.25, 0.3) is 0 Å². The van der Waals surface area contributed by atoms with Gasteiger partial charge in [-0.3, -0.25) is 0 Å². The molecule has 1 nitrogen and oxygen atoms in total. The number of hydrogen-bond acceptors (Lipinski definition) is 1. The molecule has 0 saturated heterocycles.